The monoisotopic (exact) mass is 458 g/mol. The molecule has 164 valence electrons. The second-order valence-electron chi connectivity index (χ2n) is 7.39. The fourth-order valence-corrected chi connectivity index (χ4v) is 4.03. The fraction of sp³-hybridized carbons (Fsp3) is 0.348. The van der Waals surface area contributed by atoms with Crippen molar-refractivity contribution >= 4 is 35.0 Å². The maximum atomic E-state index is 12.4. The van der Waals surface area contributed by atoms with Crippen LogP contribution < -0.4 is 10.1 Å². The third kappa shape index (κ3) is 5.80. The molecule has 0 bridgehead atoms. The van der Waals surface area contributed by atoms with Crippen LogP contribution in [0.2, 0.25) is 5.02 Å². The SMILES string of the molecule is CCn1c(SCC(=O)Nc2ccc(C)c(C)c2)nnc1C(C)Oc1ccc(Cl)c(C)c1. The van der Waals surface area contributed by atoms with E-state index in [4.69, 9.17) is 16.3 Å². The fourth-order valence-electron chi connectivity index (χ4n) is 3.10. The summed E-state index contributed by atoms with van der Waals surface area (Å²) in [6, 6.07) is 11.4. The Morgan fingerprint density at radius 2 is 1.90 bits per heavy atom. The average Bonchev–Trinajstić information content (AvgIpc) is 3.15. The smallest absolute Gasteiger partial charge is 0.234 e. The Bertz CT molecular complexity index is 1080. The zero-order valence-corrected chi connectivity index (χ0v) is 20.0. The van der Waals surface area contributed by atoms with Crippen molar-refractivity contribution in [2.24, 2.45) is 0 Å². The van der Waals surface area contributed by atoms with E-state index in [2.05, 4.69) is 15.5 Å². The lowest BCUT2D eigenvalue weighted by Gasteiger charge is -2.16. The standard InChI is InChI=1S/C23H27ClN4O2S/c1-6-28-22(17(5)30-19-9-10-20(24)16(4)12-19)26-27-23(28)31-13-21(29)25-18-8-7-14(2)15(3)11-18/h7-12,17H,6,13H2,1-5H3,(H,25,29). The first-order valence-electron chi connectivity index (χ1n) is 10.1. The van der Waals surface area contributed by atoms with Crippen LogP contribution in [0, 0.1) is 20.8 Å². The molecule has 3 rings (SSSR count). The number of anilines is 1. The van der Waals surface area contributed by atoms with Gasteiger partial charge in [-0.3, -0.25) is 4.79 Å². The second-order valence-corrected chi connectivity index (χ2v) is 8.74. The van der Waals surface area contributed by atoms with Gasteiger partial charge < -0.3 is 14.6 Å². The molecule has 0 aliphatic carbocycles. The molecule has 1 N–H and O–H groups in total. The van der Waals surface area contributed by atoms with Crippen LogP contribution in [0.5, 0.6) is 5.75 Å². The summed E-state index contributed by atoms with van der Waals surface area (Å²) < 4.78 is 8.02. The van der Waals surface area contributed by atoms with Crippen molar-refractivity contribution < 1.29 is 9.53 Å². The molecule has 1 unspecified atom stereocenters. The molecule has 0 aliphatic rings. The number of aryl methyl sites for hydroxylation is 3. The van der Waals surface area contributed by atoms with Gasteiger partial charge in [-0.1, -0.05) is 29.4 Å². The Morgan fingerprint density at radius 3 is 2.58 bits per heavy atom. The molecule has 1 aromatic heterocycles. The molecule has 0 aliphatic heterocycles. The summed E-state index contributed by atoms with van der Waals surface area (Å²) in [7, 11) is 0. The Hall–Kier alpha value is -2.51. The highest BCUT2D eigenvalue weighted by atomic mass is 35.5. The molecule has 0 saturated carbocycles. The number of ether oxygens (including phenoxy) is 1. The second kappa shape index (κ2) is 10.2. The van der Waals surface area contributed by atoms with Gasteiger partial charge in [0.15, 0.2) is 17.1 Å². The highest BCUT2D eigenvalue weighted by Crippen LogP contribution is 2.27. The Balaban J connectivity index is 1.64. The molecule has 0 spiro atoms. The van der Waals surface area contributed by atoms with Gasteiger partial charge in [0.1, 0.15) is 5.75 Å². The topological polar surface area (TPSA) is 69.0 Å². The minimum absolute atomic E-state index is 0.0820. The van der Waals surface area contributed by atoms with Crippen molar-refractivity contribution in [2.75, 3.05) is 11.1 Å². The van der Waals surface area contributed by atoms with Crippen LogP contribution in [0.3, 0.4) is 0 Å². The lowest BCUT2D eigenvalue weighted by molar-refractivity contribution is -0.113. The van der Waals surface area contributed by atoms with Crippen LogP contribution in [-0.2, 0) is 11.3 Å². The maximum absolute atomic E-state index is 12.4. The molecule has 0 radical (unpaired) electrons. The lowest BCUT2D eigenvalue weighted by atomic mass is 10.1. The summed E-state index contributed by atoms with van der Waals surface area (Å²) in [6.07, 6.45) is -0.299. The van der Waals surface area contributed by atoms with Gasteiger partial charge in [-0.05, 0) is 81.6 Å². The van der Waals surface area contributed by atoms with Gasteiger partial charge in [-0.25, -0.2) is 0 Å². The predicted molar refractivity (Wildman–Crippen MR) is 126 cm³/mol. The number of benzene rings is 2. The van der Waals surface area contributed by atoms with E-state index in [0.717, 1.165) is 22.6 Å². The van der Waals surface area contributed by atoms with E-state index >= 15 is 0 Å². The molecule has 31 heavy (non-hydrogen) atoms. The number of aromatic nitrogens is 3. The van der Waals surface area contributed by atoms with Crippen LogP contribution in [0.15, 0.2) is 41.6 Å². The summed E-state index contributed by atoms with van der Waals surface area (Å²) in [5.41, 5.74) is 4.09. The van der Waals surface area contributed by atoms with Crippen LogP contribution in [0.4, 0.5) is 5.69 Å². The number of thioether (sulfide) groups is 1. The average molecular weight is 459 g/mol. The lowest BCUT2D eigenvalue weighted by Crippen LogP contribution is -2.15. The number of carbonyl (C=O) groups excluding carboxylic acids is 1. The van der Waals surface area contributed by atoms with Crippen LogP contribution in [0.1, 0.15) is 42.5 Å². The number of nitrogens with zero attached hydrogens (tertiary/aromatic N) is 3. The Kier molecular flexibility index (Phi) is 7.62. The number of halogens is 1. The quantitative estimate of drug-likeness (QED) is 0.435. The molecule has 8 heteroatoms. The third-order valence-electron chi connectivity index (χ3n) is 4.99. The van der Waals surface area contributed by atoms with E-state index in [1.54, 1.807) is 0 Å². The van der Waals surface area contributed by atoms with Crippen LogP contribution >= 0.6 is 23.4 Å². The largest absolute Gasteiger partial charge is 0.483 e. The molecular formula is C23H27ClN4O2S. The van der Waals surface area contributed by atoms with Crippen molar-refractivity contribution in [2.45, 2.75) is 52.4 Å². The summed E-state index contributed by atoms with van der Waals surface area (Å²) in [5.74, 6) is 1.60. The molecular weight excluding hydrogens is 432 g/mol. The van der Waals surface area contributed by atoms with Gasteiger partial charge in [-0.2, -0.15) is 0 Å². The zero-order valence-electron chi connectivity index (χ0n) is 18.4. The Labute approximate surface area is 192 Å². The molecule has 6 nitrogen and oxygen atoms in total. The van der Waals surface area contributed by atoms with Crippen molar-refractivity contribution in [1.29, 1.82) is 0 Å². The van der Waals surface area contributed by atoms with E-state index < -0.39 is 0 Å². The van der Waals surface area contributed by atoms with Crippen LogP contribution in [-0.4, -0.2) is 26.4 Å². The highest BCUT2D eigenvalue weighted by Gasteiger charge is 2.19. The van der Waals surface area contributed by atoms with E-state index in [1.807, 2.05) is 75.6 Å². The number of hydrogen-bond donors (Lipinski definition) is 1. The van der Waals surface area contributed by atoms with Crippen molar-refractivity contribution in [3.05, 3.63) is 63.9 Å². The first-order valence-corrected chi connectivity index (χ1v) is 11.5. The van der Waals surface area contributed by atoms with Gasteiger partial charge in [-0.15, -0.1) is 10.2 Å². The van der Waals surface area contributed by atoms with Crippen molar-refractivity contribution in [1.82, 2.24) is 14.8 Å². The normalized spacial score (nSPS) is 11.9. The van der Waals surface area contributed by atoms with Crippen molar-refractivity contribution in [3.63, 3.8) is 0 Å². The first kappa shape index (κ1) is 23.2. The highest BCUT2D eigenvalue weighted by molar-refractivity contribution is 7.99. The minimum Gasteiger partial charge on any atom is -0.483 e. The van der Waals surface area contributed by atoms with Crippen LogP contribution in [0.25, 0.3) is 0 Å². The molecule has 2 aromatic carbocycles. The Morgan fingerprint density at radius 1 is 1.13 bits per heavy atom. The minimum atomic E-state index is -0.299. The number of rotatable bonds is 8. The molecule has 0 fully saturated rings. The molecule has 0 saturated heterocycles. The predicted octanol–water partition coefficient (Wildman–Crippen LogP) is 5.75. The zero-order chi connectivity index (χ0) is 22.5. The molecule has 3 aromatic rings. The third-order valence-corrected chi connectivity index (χ3v) is 6.38. The van der Waals surface area contributed by atoms with E-state index in [0.29, 0.717) is 22.5 Å². The van der Waals surface area contributed by atoms with Gasteiger partial charge >= 0.3 is 0 Å². The van der Waals surface area contributed by atoms with Gasteiger partial charge in [0, 0.05) is 17.3 Å². The summed E-state index contributed by atoms with van der Waals surface area (Å²) >= 11 is 7.45. The molecule has 1 amide bonds. The summed E-state index contributed by atoms with van der Waals surface area (Å²) in [5, 5.41) is 12.9. The summed E-state index contributed by atoms with van der Waals surface area (Å²) in [6.45, 7) is 10.6. The van der Waals surface area contributed by atoms with E-state index in [1.165, 1.54) is 17.3 Å². The number of carbonyl (C=O) groups is 1. The van der Waals surface area contributed by atoms with E-state index in [-0.39, 0.29) is 17.8 Å². The van der Waals surface area contributed by atoms with Crippen molar-refractivity contribution in [3.8, 4) is 5.75 Å². The summed E-state index contributed by atoms with van der Waals surface area (Å²) in [4.78, 5) is 12.4. The van der Waals surface area contributed by atoms with Gasteiger partial charge in [0.05, 0.1) is 5.75 Å². The number of hydrogen-bond acceptors (Lipinski definition) is 5. The molecule has 1 heterocycles. The van der Waals surface area contributed by atoms with E-state index in [9.17, 15) is 4.79 Å². The number of nitrogens with one attached hydrogen (secondary N) is 1. The van der Waals surface area contributed by atoms with Gasteiger partial charge in [0.25, 0.3) is 0 Å². The maximum Gasteiger partial charge on any atom is 0.234 e. The first-order chi connectivity index (χ1) is 14.8. The molecule has 1 atom stereocenters. The van der Waals surface area contributed by atoms with Gasteiger partial charge in [0.2, 0.25) is 5.91 Å². The number of amides is 1.